The molecule has 1 aromatic heterocycles. The highest BCUT2D eigenvalue weighted by molar-refractivity contribution is 5.87. The molecule has 6 heteroatoms. The van der Waals surface area contributed by atoms with Gasteiger partial charge in [0.05, 0.1) is 17.6 Å². The van der Waals surface area contributed by atoms with E-state index in [0.29, 0.717) is 17.9 Å². The van der Waals surface area contributed by atoms with Crippen LogP contribution in [-0.2, 0) is 24.4 Å². The highest BCUT2D eigenvalue weighted by atomic mass is 16.5. The maximum Gasteiger partial charge on any atom is 0.307 e. The molecule has 0 aliphatic heterocycles. The molecule has 0 radical (unpaired) electrons. The summed E-state index contributed by atoms with van der Waals surface area (Å²) in [6.45, 7) is 6.92. The second kappa shape index (κ2) is 9.46. The van der Waals surface area contributed by atoms with Gasteiger partial charge in [0, 0.05) is 23.5 Å². The maximum absolute atomic E-state index is 11.3. The Labute approximate surface area is 193 Å². The van der Waals surface area contributed by atoms with Gasteiger partial charge in [-0.1, -0.05) is 36.4 Å². The fourth-order valence-electron chi connectivity index (χ4n) is 4.03. The van der Waals surface area contributed by atoms with Crippen LogP contribution in [0.25, 0.3) is 22.0 Å². The summed E-state index contributed by atoms with van der Waals surface area (Å²) in [7, 11) is 0. The van der Waals surface area contributed by atoms with Crippen LogP contribution in [0.1, 0.15) is 42.3 Å². The molecule has 0 fully saturated rings. The van der Waals surface area contributed by atoms with Crippen molar-refractivity contribution in [3.05, 3.63) is 83.0 Å². The molecule has 1 heterocycles. The third-order valence-corrected chi connectivity index (χ3v) is 5.71. The number of nitrogens with zero attached hydrogens (tertiary/aromatic N) is 2. The van der Waals surface area contributed by atoms with Gasteiger partial charge >= 0.3 is 5.97 Å². The number of aromatic nitrogens is 2. The first-order valence-electron chi connectivity index (χ1n) is 11.1. The molecule has 4 rings (SSSR count). The molecule has 6 nitrogen and oxygen atoms in total. The molecule has 0 bridgehead atoms. The number of benzene rings is 3. The SMILES string of the molecule is Cc1ccc(CC(=O)O)c(OCc2c3cc(-c4cccc(CN)c4)ccc3nn2C(C)C)c1. The van der Waals surface area contributed by atoms with Crippen molar-refractivity contribution in [2.24, 2.45) is 5.73 Å². The summed E-state index contributed by atoms with van der Waals surface area (Å²) in [6, 6.07) is 20.2. The van der Waals surface area contributed by atoms with Gasteiger partial charge in [-0.2, -0.15) is 5.10 Å². The number of carboxylic acids is 1. The lowest BCUT2D eigenvalue weighted by Gasteiger charge is -2.15. The van der Waals surface area contributed by atoms with Gasteiger partial charge in [0.25, 0.3) is 0 Å². The van der Waals surface area contributed by atoms with E-state index in [1.165, 1.54) is 0 Å². The van der Waals surface area contributed by atoms with E-state index in [4.69, 9.17) is 15.6 Å². The first-order valence-corrected chi connectivity index (χ1v) is 11.1. The molecule has 3 N–H and O–H groups in total. The van der Waals surface area contributed by atoms with Gasteiger partial charge in [0.1, 0.15) is 12.4 Å². The summed E-state index contributed by atoms with van der Waals surface area (Å²) < 4.78 is 8.19. The predicted octanol–water partition coefficient (Wildman–Crippen LogP) is 5.26. The summed E-state index contributed by atoms with van der Waals surface area (Å²) in [4.78, 5) is 11.3. The Balaban J connectivity index is 1.74. The minimum atomic E-state index is -0.884. The van der Waals surface area contributed by atoms with Crippen LogP contribution in [0.3, 0.4) is 0 Å². The van der Waals surface area contributed by atoms with Crippen molar-refractivity contribution in [1.29, 1.82) is 0 Å². The number of aryl methyl sites for hydroxylation is 1. The third kappa shape index (κ3) is 4.91. The van der Waals surface area contributed by atoms with Gasteiger partial charge in [0.15, 0.2) is 0 Å². The smallest absolute Gasteiger partial charge is 0.307 e. The van der Waals surface area contributed by atoms with Gasteiger partial charge in [-0.25, -0.2) is 0 Å². The number of carboxylic acid groups (broad SMARTS) is 1. The van der Waals surface area contributed by atoms with Crippen molar-refractivity contribution in [2.45, 2.75) is 46.4 Å². The number of hydrogen-bond donors (Lipinski definition) is 2. The summed E-state index contributed by atoms with van der Waals surface area (Å²) in [5.74, 6) is -0.292. The van der Waals surface area contributed by atoms with Gasteiger partial charge in [-0.3, -0.25) is 9.48 Å². The zero-order chi connectivity index (χ0) is 23.5. The van der Waals surface area contributed by atoms with E-state index in [-0.39, 0.29) is 19.1 Å². The van der Waals surface area contributed by atoms with Crippen LogP contribution in [-0.4, -0.2) is 20.9 Å². The summed E-state index contributed by atoms with van der Waals surface area (Å²) in [5.41, 5.74) is 12.6. The Kier molecular flexibility index (Phi) is 6.47. The summed E-state index contributed by atoms with van der Waals surface area (Å²) in [5, 5.41) is 15.1. The molecule has 33 heavy (non-hydrogen) atoms. The van der Waals surface area contributed by atoms with Gasteiger partial charge in [0.2, 0.25) is 0 Å². The van der Waals surface area contributed by atoms with Crippen LogP contribution >= 0.6 is 0 Å². The number of rotatable bonds is 8. The Bertz CT molecular complexity index is 1310. The van der Waals surface area contributed by atoms with Crippen molar-refractivity contribution in [1.82, 2.24) is 9.78 Å². The van der Waals surface area contributed by atoms with Crippen LogP contribution in [0.2, 0.25) is 0 Å². The fraction of sp³-hybridized carbons (Fsp3) is 0.259. The normalized spacial score (nSPS) is 11.3. The van der Waals surface area contributed by atoms with Crippen LogP contribution in [0.5, 0.6) is 5.75 Å². The number of nitrogens with two attached hydrogens (primary N) is 1. The topological polar surface area (TPSA) is 90.4 Å². The molecule has 170 valence electrons. The van der Waals surface area contributed by atoms with E-state index in [1.807, 2.05) is 48.0 Å². The second-order valence-electron chi connectivity index (χ2n) is 8.59. The summed E-state index contributed by atoms with van der Waals surface area (Å²) in [6.07, 6.45) is -0.0819. The standard InChI is InChI=1S/C27H29N3O3/c1-17(2)30-25(16-33-26-11-18(3)7-8-22(26)14-27(31)32)23-13-21(9-10-24(23)29-30)20-6-4-5-19(12-20)15-28/h4-13,17H,14-16,28H2,1-3H3,(H,31,32). The Morgan fingerprint density at radius 3 is 2.61 bits per heavy atom. The molecule has 0 saturated carbocycles. The number of fused-ring (bicyclic) bond motifs is 1. The quantitative estimate of drug-likeness (QED) is 0.388. The third-order valence-electron chi connectivity index (χ3n) is 5.71. The lowest BCUT2D eigenvalue weighted by atomic mass is 10.0. The highest BCUT2D eigenvalue weighted by Gasteiger charge is 2.17. The molecular formula is C27H29N3O3. The molecular weight excluding hydrogens is 414 g/mol. The van der Waals surface area contributed by atoms with Crippen LogP contribution in [0.4, 0.5) is 0 Å². The van der Waals surface area contributed by atoms with E-state index in [1.54, 1.807) is 0 Å². The minimum Gasteiger partial charge on any atom is -0.487 e. The van der Waals surface area contributed by atoms with Crippen LogP contribution in [0, 0.1) is 6.92 Å². The van der Waals surface area contributed by atoms with Crippen molar-refractivity contribution in [3.8, 4) is 16.9 Å². The van der Waals surface area contributed by atoms with Crippen LogP contribution in [0.15, 0.2) is 60.7 Å². The average molecular weight is 444 g/mol. The van der Waals surface area contributed by atoms with Crippen molar-refractivity contribution < 1.29 is 14.6 Å². The van der Waals surface area contributed by atoms with E-state index in [2.05, 4.69) is 38.1 Å². The molecule has 4 aromatic rings. The largest absolute Gasteiger partial charge is 0.487 e. The Morgan fingerprint density at radius 1 is 1.09 bits per heavy atom. The number of ether oxygens (including phenoxy) is 1. The lowest BCUT2D eigenvalue weighted by molar-refractivity contribution is -0.136. The molecule has 0 aliphatic rings. The zero-order valence-corrected chi connectivity index (χ0v) is 19.2. The predicted molar refractivity (Wildman–Crippen MR) is 130 cm³/mol. The lowest BCUT2D eigenvalue weighted by Crippen LogP contribution is -2.11. The first-order chi connectivity index (χ1) is 15.9. The van der Waals surface area contributed by atoms with Gasteiger partial charge in [-0.15, -0.1) is 0 Å². The minimum absolute atomic E-state index is 0.0819. The first kappa shape index (κ1) is 22.6. The number of hydrogen-bond acceptors (Lipinski definition) is 4. The second-order valence-corrected chi connectivity index (χ2v) is 8.59. The Hall–Kier alpha value is -3.64. The molecule has 0 amide bonds. The van der Waals surface area contributed by atoms with Crippen molar-refractivity contribution in [3.63, 3.8) is 0 Å². The molecule has 0 spiro atoms. The molecule has 0 aliphatic carbocycles. The van der Waals surface area contributed by atoms with Crippen molar-refractivity contribution in [2.75, 3.05) is 0 Å². The number of aliphatic carboxylic acids is 1. The van der Waals surface area contributed by atoms with Crippen molar-refractivity contribution >= 4 is 16.9 Å². The molecule has 0 unspecified atom stereocenters. The molecule has 3 aromatic carbocycles. The summed E-state index contributed by atoms with van der Waals surface area (Å²) >= 11 is 0. The Morgan fingerprint density at radius 2 is 1.88 bits per heavy atom. The van der Waals surface area contributed by atoms with E-state index in [0.717, 1.165) is 38.9 Å². The monoisotopic (exact) mass is 443 g/mol. The van der Waals surface area contributed by atoms with Crippen LogP contribution < -0.4 is 10.5 Å². The zero-order valence-electron chi connectivity index (χ0n) is 19.2. The maximum atomic E-state index is 11.3. The highest BCUT2D eigenvalue weighted by Crippen LogP contribution is 2.30. The molecule has 0 atom stereocenters. The van der Waals surface area contributed by atoms with Gasteiger partial charge < -0.3 is 15.6 Å². The van der Waals surface area contributed by atoms with E-state index >= 15 is 0 Å². The average Bonchev–Trinajstić information content (AvgIpc) is 3.17. The molecule has 0 saturated heterocycles. The number of carbonyl (C=O) groups is 1. The van der Waals surface area contributed by atoms with E-state index < -0.39 is 5.97 Å². The van der Waals surface area contributed by atoms with E-state index in [9.17, 15) is 9.90 Å². The van der Waals surface area contributed by atoms with Gasteiger partial charge in [-0.05, 0) is 67.3 Å². The fourth-order valence-corrected chi connectivity index (χ4v) is 4.03.